The third-order valence-corrected chi connectivity index (χ3v) is 6.37. The van der Waals surface area contributed by atoms with Crippen LogP contribution in [0.3, 0.4) is 0 Å². The number of hydrogen-bond donors (Lipinski definition) is 1. The molecule has 0 bridgehead atoms. The summed E-state index contributed by atoms with van der Waals surface area (Å²) in [5.74, 6) is -0.416. The highest BCUT2D eigenvalue weighted by Crippen LogP contribution is 2.31. The van der Waals surface area contributed by atoms with Crippen molar-refractivity contribution in [3.63, 3.8) is 0 Å². The van der Waals surface area contributed by atoms with Crippen LogP contribution in [0, 0.1) is 0 Å². The van der Waals surface area contributed by atoms with Gasteiger partial charge in [0, 0.05) is 28.0 Å². The van der Waals surface area contributed by atoms with Crippen LogP contribution in [-0.4, -0.2) is 20.4 Å². The van der Waals surface area contributed by atoms with E-state index in [-0.39, 0.29) is 23.0 Å². The maximum Gasteiger partial charge on any atom is 0.416 e. The van der Waals surface area contributed by atoms with E-state index in [4.69, 9.17) is 0 Å². The Labute approximate surface area is 200 Å². The van der Waals surface area contributed by atoms with Gasteiger partial charge >= 0.3 is 6.18 Å². The van der Waals surface area contributed by atoms with Crippen LogP contribution in [0.1, 0.15) is 34.7 Å². The van der Waals surface area contributed by atoms with Crippen molar-refractivity contribution in [1.29, 1.82) is 0 Å². The molecule has 4 aromatic heterocycles. The average molecular weight is 494 g/mol. The number of thiophene rings is 1. The lowest BCUT2D eigenvalue weighted by Gasteiger charge is -2.15. The second-order valence-corrected chi connectivity index (χ2v) is 8.64. The van der Waals surface area contributed by atoms with E-state index in [1.807, 2.05) is 6.07 Å². The van der Waals surface area contributed by atoms with Gasteiger partial charge < -0.3 is 5.32 Å². The summed E-state index contributed by atoms with van der Waals surface area (Å²) in [7, 11) is 0. The molecule has 4 heterocycles. The van der Waals surface area contributed by atoms with Crippen LogP contribution in [0.15, 0.2) is 76.3 Å². The fourth-order valence-electron chi connectivity index (χ4n) is 3.87. The molecule has 0 fully saturated rings. The number of pyridine rings is 3. The van der Waals surface area contributed by atoms with Gasteiger partial charge in [0.1, 0.15) is 5.69 Å². The van der Waals surface area contributed by atoms with E-state index >= 15 is 0 Å². The molecule has 5 rings (SSSR count). The molecule has 10 heteroatoms. The summed E-state index contributed by atoms with van der Waals surface area (Å²) in [6.45, 7) is 1.81. The van der Waals surface area contributed by atoms with E-state index in [1.54, 1.807) is 42.1 Å². The number of alkyl halides is 3. The molecule has 0 unspecified atom stereocenters. The summed E-state index contributed by atoms with van der Waals surface area (Å²) < 4.78 is 40.4. The van der Waals surface area contributed by atoms with Gasteiger partial charge in [-0.2, -0.15) is 24.5 Å². The summed E-state index contributed by atoms with van der Waals surface area (Å²) in [4.78, 5) is 35.0. The number of aromatic nitrogens is 3. The standard InChI is InChI=1S/C25H17F3N4O2S/c1-14(19-4-2-3-11-29-19)30-23(33)20-9-10-21-22(31-20)17-12-35-13-18(17)24(34)32(21)16-7-5-15(6-8-16)25(26,27)28/h2-14H,1H3,(H,30,33)/t14-/m0/s1. The lowest BCUT2D eigenvalue weighted by Crippen LogP contribution is -2.28. The van der Waals surface area contributed by atoms with Gasteiger partial charge in [-0.3, -0.25) is 19.1 Å². The number of rotatable bonds is 4. The molecule has 0 aliphatic heterocycles. The van der Waals surface area contributed by atoms with E-state index in [0.29, 0.717) is 27.5 Å². The molecule has 0 saturated carbocycles. The number of carbonyl (C=O) groups excluding carboxylic acids is 1. The van der Waals surface area contributed by atoms with Crippen molar-refractivity contribution in [2.45, 2.75) is 19.1 Å². The number of hydrogen-bond acceptors (Lipinski definition) is 5. The molecule has 176 valence electrons. The van der Waals surface area contributed by atoms with Gasteiger partial charge in [0.05, 0.1) is 33.7 Å². The first-order valence-corrected chi connectivity index (χ1v) is 11.5. The van der Waals surface area contributed by atoms with Crippen molar-refractivity contribution in [1.82, 2.24) is 19.9 Å². The van der Waals surface area contributed by atoms with Crippen LogP contribution in [0.5, 0.6) is 0 Å². The molecule has 0 saturated heterocycles. The highest BCUT2D eigenvalue weighted by atomic mass is 32.1. The number of nitrogens with one attached hydrogen (secondary N) is 1. The van der Waals surface area contributed by atoms with E-state index in [9.17, 15) is 22.8 Å². The maximum absolute atomic E-state index is 13.2. The number of halogens is 3. The lowest BCUT2D eigenvalue weighted by atomic mass is 10.1. The topological polar surface area (TPSA) is 76.9 Å². The first-order valence-electron chi connectivity index (χ1n) is 10.5. The first-order chi connectivity index (χ1) is 16.7. The monoisotopic (exact) mass is 494 g/mol. The second-order valence-electron chi connectivity index (χ2n) is 7.90. The van der Waals surface area contributed by atoms with E-state index in [0.717, 1.165) is 12.1 Å². The lowest BCUT2D eigenvalue weighted by molar-refractivity contribution is -0.137. The van der Waals surface area contributed by atoms with Gasteiger partial charge in [-0.1, -0.05) is 6.07 Å². The van der Waals surface area contributed by atoms with Gasteiger partial charge in [0.2, 0.25) is 0 Å². The largest absolute Gasteiger partial charge is 0.416 e. The first kappa shape index (κ1) is 22.7. The number of carbonyl (C=O) groups is 1. The predicted octanol–water partition coefficient (Wildman–Crippen LogP) is 5.51. The SMILES string of the molecule is C[C@H](NC(=O)c1ccc2c(n1)c1cscc1c(=O)n2-c1ccc(C(F)(F)F)cc1)c1ccccn1. The molecular weight excluding hydrogens is 477 g/mol. The van der Waals surface area contributed by atoms with Gasteiger partial charge in [-0.15, -0.1) is 0 Å². The third kappa shape index (κ3) is 4.17. The Morgan fingerprint density at radius 2 is 1.77 bits per heavy atom. The van der Waals surface area contributed by atoms with Crippen LogP contribution >= 0.6 is 11.3 Å². The van der Waals surface area contributed by atoms with Crippen LogP contribution in [-0.2, 0) is 6.18 Å². The second kappa shape index (κ2) is 8.62. The number of benzene rings is 1. The average Bonchev–Trinajstić information content (AvgIpc) is 3.35. The van der Waals surface area contributed by atoms with Gasteiger partial charge in [-0.05, 0) is 55.5 Å². The molecule has 0 spiro atoms. The summed E-state index contributed by atoms with van der Waals surface area (Å²) in [6, 6.07) is 12.5. The third-order valence-electron chi connectivity index (χ3n) is 5.63. The molecule has 0 aliphatic carbocycles. The number of amides is 1. The molecule has 35 heavy (non-hydrogen) atoms. The number of fused-ring (bicyclic) bond motifs is 3. The van der Waals surface area contributed by atoms with Crippen LogP contribution in [0.25, 0.3) is 27.5 Å². The molecule has 0 aliphatic rings. The molecule has 5 aromatic rings. The van der Waals surface area contributed by atoms with Crippen LogP contribution < -0.4 is 10.9 Å². The zero-order chi connectivity index (χ0) is 24.7. The predicted molar refractivity (Wildman–Crippen MR) is 128 cm³/mol. The fourth-order valence-corrected chi connectivity index (χ4v) is 4.67. The Hall–Kier alpha value is -4.05. The minimum Gasteiger partial charge on any atom is -0.343 e. The van der Waals surface area contributed by atoms with Gasteiger partial charge in [-0.25, -0.2) is 4.98 Å². The van der Waals surface area contributed by atoms with Crippen molar-refractivity contribution < 1.29 is 18.0 Å². The summed E-state index contributed by atoms with van der Waals surface area (Å²) in [5, 5.41) is 7.23. The summed E-state index contributed by atoms with van der Waals surface area (Å²) >= 11 is 1.30. The van der Waals surface area contributed by atoms with Crippen molar-refractivity contribution in [2.24, 2.45) is 0 Å². The molecule has 6 nitrogen and oxygen atoms in total. The van der Waals surface area contributed by atoms with Crippen molar-refractivity contribution in [2.75, 3.05) is 0 Å². The Balaban J connectivity index is 1.60. The van der Waals surface area contributed by atoms with Crippen LogP contribution in [0.2, 0.25) is 0 Å². The molecule has 0 radical (unpaired) electrons. The highest BCUT2D eigenvalue weighted by molar-refractivity contribution is 7.09. The Morgan fingerprint density at radius 1 is 1.03 bits per heavy atom. The minimum atomic E-state index is -4.49. The summed E-state index contributed by atoms with van der Waals surface area (Å²) in [6.07, 6.45) is -2.85. The van der Waals surface area contributed by atoms with E-state index in [2.05, 4.69) is 15.3 Å². The fraction of sp³-hybridized carbons (Fsp3) is 0.120. The number of nitrogens with zero attached hydrogens (tertiary/aromatic N) is 3. The highest BCUT2D eigenvalue weighted by Gasteiger charge is 2.30. The van der Waals surface area contributed by atoms with E-state index in [1.165, 1.54) is 34.1 Å². The van der Waals surface area contributed by atoms with E-state index < -0.39 is 17.6 Å². The Kier molecular flexibility index (Phi) is 5.60. The van der Waals surface area contributed by atoms with Gasteiger partial charge in [0.15, 0.2) is 0 Å². The molecule has 1 amide bonds. The Morgan fingerprint density at radius 3 is 2.46 bits per heavy atom. The van der Waals surface area contributed by atoms with Crippen molar-refractivity contribution >= 4 is 39.0 Å². The normalized spacial score (nSPS) is 12.7. The zero-order valence-electron chi connectivity index (χ0n) is 18.2. The molecule has 1 atom stereocenters. The smallest absolute Gasteiger partial charge is 0.343 e. The zero-order valence-corrected chi connectivity index (χ0v) is 19.0. The molecule has 1 N–H and O–H groups in total. The minimum absolute atomic E-state index is 0.144. The van der Waals surface area contributed by atoms with Crippen molar-refractivity contribution in [3.8, 4) is 5.69 Å². The van der Waals surface area contributed by atoms with Crippen molar-refractivity contribution in [3.05, 3.63) is 98.9 Å². The Bertz CT molecular complexity index is 1610. The molecule has 1 aromatic carbocycles. The molecular formula is C25H17F3N4O2S. The van der Waals surface area contributed by atoms with Gasteiger partial charge in [0.25, 0.3) is 11.5 Å². The quantitative estimate of drug-likeness (QED) is 0.358. The van der Waals surface area contributed by atoms with Crippen LogP contribution in [0.4, 0.5) is 13.2 Å². The maximum atomic E-state index is 13.2. The summed E-state index contributed by atoms with van der Waals surface area (Å²) in [5.41, 5.74) is 0.701.